The maximum Gasteiger partial charge on any atom is 0.269 e. The van der Waals surface area contributed by atoms with Gasteiger partial charge < -0.3 is 14.9 Å². The molecule has 1 heterocycles. The second-order valence-electron chi connectivity index (χ2n) is 5.39. The molecule has 1 unspecified atom stereocenters. The average molecular weight is 389 g/mol. The number of ether oxygens (including phenoxy) is 1. The van der Waals surface area contributed by atoms with Crippen LogP contribution in [0.15, 0.2) is 58.2 Å². The highest BCUT2D eigenvalue weighted by molar-refractivity contribution is 9.10. The maximum absolute atomic E-state index is 12.3. The van der Waals surface area contributed by atoms with Gasteiger partial charge in [0.2, 0.25) is 0 Å². The number of carbonyl (C=O) groups excluding carboxylic acids is 1. The molecule has 2 aromatic rings. The third-order valence-electron chi connectivity index (χ3n) is 3.78. The second kappa shape index (κ2) is 7.49. The first kappa shape index (κ1) is 16.5. The minimum Gasteiger partial charge on any atom is -0.496 e. The second-order valence-corrected chi connectivity index (χ2v) is 6.30. The smallest absolute Gasteiger partial charge is 0.269 e. The first-order valence-electron chi connectivity index (χ1n) is 7.55. The molecule has 0 aliphatic carbocycles. The molecule has 0 bridgehead atoms. The molecule has 2 aromatic carbocycles. The predicted octanol–water partition coefficient (Wildman–Crippen LogP) is 3.59. The van der Waals surface area contributed by atoms with Crippen molar-refractivity contribution in [2.45, 2.75) is 19.1 Å². The number of rotatable bonds is 5. The van der Waals surface area contributed by atoms with Gasteiger partial charge in [0.15, 0.2) is 6.10 Å². The van der Waals surface area contributed by atoms with Crippen LogP contribution in [-0.2, 0) is 16.2 Å². The Hall–Kier alpha value is -2.34. The van der Waals surface area contributed by atoms with Crippen LogP contribution in [-0.4, -0.2) is 18.7 Å². The van der Waals surface area contributed by atoms with Gasteiger partial charge in [-0.05, 0) is 23.8 Å². The molecule has 0 fully saturated rings. The van der Waals surface area contributed by atoms with Crippen LogP contribution < -0.4 is 10.1 Å². The molecule has 5 nitrogen and oxygen atoms in total. The summed E-state index contributed by atoms with van der Waals surface area (Å²) in [6.45, 7) is 0.358. The highest BCUT2D eigenvalue weighted by Crippen LogP contribution is 2.27. The number of nitrogens with zero attached hydrogens (tertiary/aromatic N) is 1. The lowest BCUT2D eigenvalue weighted by Gasteiger charge is -2.10. The van der Waals surface area contributed by atoms with E-state index < -0.39 is 0 Å². The Bertz CT molecular complexity index is 762. The zero-order chi connectivity index (χ0) is 16.9. The van der Waals surface area contributed by atoms with Crippen LogP contribution in [0.1, 0.15) is 23.7 Å². The molecule has 3 rings (SSSR count). The third-order valence-corrected chi connectivity index (χ3v) is 4.28. The van der Waals surface area contributed by atoms with Crippen molar-refractivity contribution in [1.29, 1.82) is 0 Å². The van der Waals surface area contributed by atoms with Gasteiger partial charge in [0.1, 0.15) is 11.5 Å². The minimum atomic E-state index is -0.226. The topological polar surface area (TPSA) is 59.9 Å². The number of hydrogen-bond donors (Lipinski definition) is 1. The van der Waals surface area contributed by atoms with E-state index in [0.29, 0.717) is 18.7 Å². The number of benzene rings is 2. The number of oxime groups is 1. The summed E-state index contributed by atoms with van der Waals surface area (Å²) in [5.74, 6) is 0.501. The standard InChI is InChI=1S/C18H17BrN2O3/c1-23-16-8-7-14(19)9-13(16)11-20-18(22)15-10-17(24-21-15)12-5-3-2-4-6-12/h2-9,17H,10-11H2,1H3,(H,20,22). The van der Waals surface area contributed by atoms with Crippen LogP contribution in [0, 0.1) is 0 Å². The summed E-state index contributed by atoms with van der Waals surface area (Å²) >= 11 is 3.42. The van der Waals surface area contributed by atoms with Crippen LogP contribution in [0.4, 0.5) is 0 Å². The quantitative estimate of drug-likeness (QED) is 0.850. The largest absolute Gasteiger partial charge is 0.496 e. The zero-order valence-corrected chi connectivity index (χ0v) is 14.7. The van der Waals surface area contributed by atoms with Gasteiger partial charge in [0.05, 0.1) is 7.11 Å². The first-order valence-corrected chi connectivity index (χ1v) is 8.35. The molecule has 0 saturated heterocycles. The van der Waals surface area contributed by atoms with Crippen LogP contribution in [0.2, 0.25) is 0 Å². The number of hydrogen-bond acceptors (Lipinski definition) is 4. The highest BCUT2D eigenvalue weighted by atomic mass is 79.9. The lowest BCUT2D eigenvalue weighted by molar-refractivity contribution is -0.115. The van der Waals surface area contributed by atoms with Crippen molar-refractivity contribution in [3.63, 3.8) is 0 Å². The summed E-state index contributed by atoms with van der Waals surface area (Å²) in [6.07, 6.45) is 0.262. The van der Waals surface area contributed by atoms with Gasteiger partial charge >= 0.3 is 0 Å². The number of carbonyl (C=O) groups is 1. The normalized spacial score (nSPS) is 16.2. The summed E-state index contributed by atoms with van der Waals surface area (Å²) in [4.78, 5) is 17.7. The fourth-order valence-corrected chi connectivity index (χ4v) is 2.93. The predicted molar refractivity (Wildman–Crippen MR) is 94.9 cm³/mol. The van der Waals surface area contributed by atoms with E-state index in [9.17, 15) is 4.79 Å². The molecule has 1 amide bonds. The molecular weight excluding hydrogens is 372 g/mol. The number of amides is 1. The number of methoxy groups -OCH3 is 1. The van der Waals surface area contributed by atoms with Crippen molar-refractivity contribution in [2.75, 3.05) is 7.11 Å². The fourth-order valence-electron chi connectivity index (χ4n) is 2.52. The number of nitrogens with one attached hydrogen (secondary N) is 1. The van der Waals surface area contributed by atoms with E-state index in [1.807, 2.05) is 48.5 Å². The molecule has 0 aromatic heterocycles. The third kappa shape index (κ3) is 3.76. The lowest BCUT2D eigenvalue weighted by Crippen LogP contribution is -2.30. The summed E-state index contributed by atoms with van der Waals surface area (Å²) < 4.78 is 6.23. The Morgan fingerprint density at radius 1 is 1.33 bits per heavy atom. The highest BCUT2D eigenvalue weighted by Gasteiger charge is 2.27. The Labute approximate surface area is 148 Å². The van der Waals surface area contributed by atoms with Crippen molar-refractivity contribution < 1.29 is 14.4 Å². The molecule has 1 atom stereocenters. The summed E-state index contributed by atoms with van der Waals surface area (Å²) in [6, 6.07) is 15.4. The van der Waals surface area contributed by atoms with Gasteiger partial charge in [-0.25, -0.2) is 0 Å². The van der Waals surface area contributed by atoms with E-state index in [1.165, 1.54) is 0 Å². The van der Waals surface area contributed by atoms with Gasteiger partial charge in [-0.2, -0.15) is 0 Å². The summed E-state index contributed by atoms with van der Waals surface area (Å²) in [7, 11) is 1.61. The molecule has 0 spiro atoms. The Balaban J connectivity index is 1.60. The number of halogens is 1. The van der Waals surface area contributed by atoms with E-state index in [4.69, 9.17) is 9.57 Å². The zero-order valence-electron chi connectivity index (χ0n) is 13.2. The first-order chi connectivity index (χ1) is 11.7. The molecular formula is C18H17BrN2O3. The van der Waals surface area contributed by atoms with E-state index in [1.54, 1.807) is 7.11 Å². The molecule has 24 heavy (non-hydrogen) atoms. The van der Waals surface area contributed by atoms with Crippen LogP contribution >= 0.6 is 15.9 Å². The Kier molecular flexibility index (Phi) is 5.15. The molecule has 6 heteroatoms. The van der Waals surface area contributed by atoms with Gasteiger partial charge in [-0.15, -0.1) is 0 Å². The Morgan fingerprint density at radius 3 is 2.88 bits per heavy atom. The fraction of sp³-hybridized carbons (Fsp3) is 0.222. The lowest BCUT2D eigenvalue weighted by atomic mass is 10.0. The monoisotopic (exact) mass is 388 g/mol. The van der Waals surface area contributed by atoms with Crippen molar-refractivity contribution in [3.05, 3.63) is 64.1 Å². The van der Waals surface area contributed by atoms with Crippen LogP contribution in [0.3, 0.4) is 0 Å². The maximum atomic E-state index is 12.3. The van der Waals surface area contributed by atoms with Gasteiger partial charge in [-0.1, -0.05) is 51.4 Å². The van der Waals surface area contributed by atoms with Gasteiger partial charge in [0, 0.05) is 23.0 Å². The van der Waals surface area contributed by atoms with Crippen molar-refractivity contribution in [3.8, 4) is 5.75 Å². The SMILES string of the molecule is COc1ccc(Br)cc1CNC(=O)C1=NOC(c2ccccc2)C1. The molecule has 1 N–H and O–H groups in total. The molecule has 124 valence electrons. The molecule has 1 aliphatic rings. The van der Waals surface area contributed by atoms with Crippen LogP contribution in [0.25, 0.3) is 0 Å². The van der Waals surface area contributed by atoms with Gasteiger partial charge in [0.25, 0.3) is 5.91 Å². The van der Waals surface area contributed by atoms with E-state index >= 15 is 0 Å². The Morgan fingerprint density at radius 2 is 2.12 bits per heavy atom. The van der Waals surface area contributed by atoms with E-state index in [-0.39, 0.29) is 12.0 Å². The summed E-state index contributed by atoms with van der Waals surface area (Å²) in [5, 5.41) is 6.79. The molecule has 0 saturated carbocycles. The van der Waals surface area contributed by atoms with Crippen LogP contribution in [0.5, 0.6) is 5.75 Å². The minimum absolute atomic E-state index is 0.202. The van der Waals surface area contributed by atoms with Gasteiger partial charge in [-0.3, -0.25) is 4.79 Å². The van der Waals surface area contributed by atoms with Crippen molar-refractivity contribution in [1.82, 2.24) is 5.32 Å². The molecule has 1 aliphatic heterocycles. The van der Waals surface area contributed by atoms with Crippen molar-refractivity contribution >= 4 is 27.5 Å². The van der Waals surface area contributed by atoms with E-state index in [0.717, 1.165) is 21.3 Å². The van der Waals surface area contributed by atoms with E-state index in [2.05, 4.69) is 26.4 Å². The average Bonchev–Trinajstić information content (AvgIpc) is 3.11. The van der Waals surface area contributed by atoms with Crippen molar-refractivity contribution in [2.24, 2.45) is 5.16 Å². The summed E-state index contributed by atoms with van der Waals surface area (Å²) in [5.41, 5.74) is 2.30. The molecule has 0 radical (unpaired) electrons.